The summed E-state index contributed by atoms with van der Waals surface area (Å²) in [7, 11) is 0. The van der Waals surface area contributed by atoms with Crippen LogP contribution in [0.3, 0.4) is 0 Å². The smallest absolute Gasteiger partial charge is 0.241 e. The molecule has 1 aromatic carbocycles. The second kappa shape index (κ2) is 13.1. The number of pyridine rings is 1. The van der Waals surface area contributed by atoms with Gasteiger partial charge in [0.05, 0.1) is 0 Å². The molecule has 168 valence electrons. The predicted molar refractivity (Wildman–Crippen MR) is 132 cm³/mol. The highest BCUT2D eigenvalue weighted by molar-refractivity contribution is 14.0. The van der Waals surface area contributed by atoms with Gasteiger partial charge in [0.2, 0.25) is 5.91 Å². The first-order valence-electron chi connectivity index (χ1n) is 10.4. The van der Waals surface area contributed by atoms with Crippen molar-refractivity contribution in [2.75, 3.05) is 37.6 Å². The van der Waals surface area contributed by atoms with Gasteiger partial charge in [-0.2, -0.15) is 0 Å². The lowest BCUT2D eigenvalue weighted by Crippen LogP contribution is -2.45. The van der Waals surface area contributed by atoms with E-state index in [9.17, 15) is 9.18 Å². The van der Waals surface area contributed by atoms with Crippen molar-refractivity contribution in [2.24, 2.45) is 4.99 Å². The van der Waals surface area contributed by atoms with Crippen molar-refractivity contribution in [3.8, 4) is 0 Å². The quantitative estimate of drug-likeness (QED) is 0.272. The van der Waals surface area contributed by atoms with E-state index in [0.29, 0.717) is 38.0 Å². The fraction of sp³-hybridized carbons (Fsp3) is 0.409. The summed E-state index contributed by atoms with van der Waals surface area (Å²) in [5, 5.41) is 9.40. The van der Waals surface area contributed by atoms with Crippen molar-refractivity contribution < 1.29 is 9.18 Å². The zero-order chi connectivity index (χ0) is 21.2. The van der Waals surface area contributed by atoms with Crippen molar-refractivity contribution in [3.05, 3.63) is 60.0 Å². The molecule has 1 aromatic heterocycles. The number of amides is 1. The first kappa shape index (κ1) is 24.8. The molecular weight excluding hydrogens is 510 g/mol. The average molecular weight is 540 g/mol. The lowest BCUT2D eigenvalue weighted by atomic mass is 10.1. The van der Waals surface area contributed by atoms with Crippen molar-refractivity contribution in [1.29, 1.82) is 0 Å². The van der Waals surface area contributed by atoms with E-state index in [1.165, 1.54) is 11.6 Å². The minimum atomic E-state index is -0.314. The number of aliphatic imine (C=N–C) groups is 1. The van der Waals surface area contributed by atoms with Crippen LogP contribution in [0.2, 0.25) is 0 Å². The highest BCUT2D eigenvalue weighted by atomic mass is 127. The molecule has 1 atom stereocenters. The van der Waals surface area contributed by atoms with Crippen molar-refractivity contribution >= 4 is 41.7 Å². The van der Waals surface area contributed by atoms with E-state index in [1.807, 2.05) is 42.2 Å². The Morgan fingerprint density at radius 2 is 2.03 bits per heavy atom. The van der Waals surface area contributed by atoms with Crippen LogP contribution in [0.5, 0.6) is 0 Å². The van der Waals surface area contributed by atoms with Gasteiger partial charge >= 0.3 is 0 Å². The Kier molecular flexibility index (Phi) is 10.5. The summed E-state index contributed by atoms with van der Waals surface area (Å²) in [5.41, 5.74) is 1.19. The average Bonchev–Trinajstić information content (AvgIpc) is 3.21. The van der Waals surface area contributed by atoms with Crippen LogP contribution >= 0.6 is 24.0 Å². The van der Waals surface area contributed by atoms with Gasteiger partial charge in [0, 0.05) is 38.4 Å². The maximum Gasteiger partial charge on any atom is 0.241 e. The molecule has 2 heterocycles. The van der Waals surface area contributed by atoms with Crippen LogP contribution in [0, 0.1) is 5.82 Å². The zero-order valence-electron chi connectivity index (χ0n) is 17.7. The second-order valence-electron chi connectivity index (χ2n) is 7.17. The molecule has 1 aliphatic rings. The Bertz CT molecular complexity index is 851. The van der Waals surface area contributed by atoms with Gasteiger partial charge in [-0.15, -0.1) is 24.0 Å². The summed E-state index contributed by atoms with van der Waals surface area (Å²) in [6, 6.07) is 13.1. The van der Waals surface area contributed by atoms with Crippen LogP contribution in [0.1, 0.15) is 18.9 Å². The molecule has 0 bridgehead atoms. The summed E-state index contributed by atoms with van der Waals surface area (Å²) < 4.78 is 14.0. The summed E-state index contributed by atoms with van der Waals surface area (Å²) in [6.45, 7) is 4.63. The van der Waals surface area contributed by atoms with Crippen molar-refractivity contribution in [2.45, 2.75) is 25.8 Å². The number of carbonyl (C=O) groups is 1. The summed E-state index contributed by atoms with van der Waals surface area (Å²) in [6.07, 6.45) is 3.22. The number of nitrogens with one attached hydrogen (secondary N) is 3. The second-order valence-corrected chi connectivity index (χ2v) is 7.17. The van der Waals surface area contributed by atoms with E-state index in [1.54, 1.807) is 12.3 Å². The zero-order valence-corrected chi connectivity index (χ0v) is 20.0. The number of hydrogen-bond donors (Lipinski definition) is 3. The lowest BCUT2D eigenvalue weighted by molar-refractivity contribution is -0.119. The SMILES string of the molecule is CCNC(=NCC(=O)NCCc1ccccc1)NC1CCN(c2ncccc2F)C1.I. The Balaban J connectivity index is 0.00000341. The van der Waals surface area contributed by atoms with Gasteiger partial charge < -0.3 is 20.9 Å². The van der Waals surface area contributed by atoms with E-state index in [4.69, 9.17) is 0 Å². The van der Waals surface area contributed by atoms with E-state index in [2.05, 4.69) is 25.9 Å². The van der Waals surface area contributed by atoms with Gasteiger partial charge in [0.25, 0.3) is 0 Å². The van der Waals surface area contributed by atoms with Gasteiger partial charge in [-0.25, -0.2) is 14.4 Å². The maximum absolute atomic E-state index is 14.0. The molecule has 3 rings (SSSR count). The van der Waals surface area contributed by atoms with Crippen molar-refractivity contribution in [3.63, 3.8) is 0 Å². The first-order chi connectivity index (χ1) is 14.7. The Morgan fingerprint density at radius 3 is 2.77 bits per heavy atom. The molecular formula is C22H30FIN6O. The molecule has 0 aliphatic carbocycles. The van der Waals surface area contributed by atoms with Crippen LogP contribution < -0.4 is 20.9 Å². The van der Waals surface area contributed by atoms with Crippen LogP contribution in [0.25, 0.3) is 0 Å². The number of aromatic nitrogens is 1. The van der Waals surface area contributed by atoms with Crippen LogP contribution in [-0.2, 0) is 11.2 Å². The fourth-order valence-corrected chi connectivity index (χ4v) is 3.39. The Hall–Kier alpha value is -2.43. The van der Waals surface area contributed by atoms with Gasteiger partial charge in [0.1, 0.15) is 6.54 Å². The third-order valence-electron chi connectivity index (χ3n) is 4.87. The Labute approximate surface area is 199 Å². The van der Waals surface area contributed by atoms with Crippen molar-refractivity contribution in [1.82, 2.24) is 20.9 Å². The summed E-state index contributed by atoms with van der Waals surface area (Å²) >= 11 is 0. The number of anilines is 1. The molecule has 0 saturated carbocycles. The normalized spacial score (nSPS) is 15.9. The van der Waals surface area contributed by atoms with Gasteiger partial charge in [0.15, 0.2) is 17.6 Å². The first-order valence-corrected chi connectivity index (χ1v) is 10.4. The standard InChI is InChI=1S/C22H29FN6O.HI/c1-2-24-22(27-15-20(30)25-13-10-17-7-4-3-5-8-17)28-18-11-14-29(16-18)21-19(23)9-6-12-26-21;/h3-9,12,18H,2,10-11,13-16H2,1H3,(H,25,30)(H2,24,27,28);1H. The highest BCUT2D eigenvalue weighted by Crippen LogP contribution is 2.20. The van der Waals surface area contributed by atoms with Gasteiger partial charge in [-0.1, -0.05) is 30.3 Å². The van der Waals surface area contributed by atoms with Crippen LogP contribution in [-0.4, -0.2) is 55.6 Å². The fourth-order valence-electron chi connectivity index (χ4n) is 3.39. The largest absolute Gasteiger partial charge is 0.357 e. The molecule has 2 aromatic rings. The van der Waals surface area contributed by atoms with E-state index in [0.717, 1.165) is 12.8 Å². The molecule has 3 N–H and O–H groups in total. The summed E-state index contributed by atoms with van der Waals surface area (Å²) in [5.74, 6) is 0.531. The topological polar surface area (TPSA) is 81.6 Å². The number of rotatable bonds is 8. The molecule has 1 saturated heterocycles. The number of halogens is 2. The maximum atomic E-state index is 14.0. The molecule has 0 radical (unpaired) electrons. The molecule has 31 heavy (non-hydrogen) atoms. The molecule has 1 fully saturated rings. The number of nitrogens with zero attached hydrogens (tertiary/aromatic N) is 3. The number of guanidine groups is 1. The van der Waals surface area contributed by atoms with E-state index in [-0.39, 0.29) is 48.3 Å². The van der Waals surface area contributed by atoms with Crippen LogP contribution in [0.4, 0.5) is 10.2 Å². The van der Waals surface area contributed by atoms with E-state index < -0.39 is 0 Å². The molecule has 9 heteroatoms. The van der Waals surface area contributed by atoms with E-state index >= 15 is 0 Å². The minimum Gasteiger partial charge on any atom is -0.357 e. The predicted octanol–water partition coefficient (Wildman–Crippen LogP) is 2.33. The molecule has 7 nitrogen and oxygen atoms in total. The van der Waals surface area contributed by atoms with Gasteiger partial charge in [-0.3, -0.25) is 4.79 Å². The third-order valence-corrected chi connectivity index (χ3v) is 4.87. The monoisotopic (exact) mass is 540 g/mol. The molecule has 0 spiro atoms. The highest BCUT2D eigenvalue weighted by Gasteiger charge is 2.25. The van der Waals surface area contributed by atoms with Crippen LogP contribution in [0.15, 0.2) is 53.7 Å². The molecule has 1 unspecified atom stereocenters. The Morgan fingerprint density at radius 1 is 1.23 bits per heavy atom. The third kappa shape index (κ3) is 7.97. The molecule has 1 aliphatic heterocycles. The minimum absolute atomic E-state index is 0. The lowest BCUT2D eigenvalue weighted by Gasteiger charge is -2.19. The number of carbonyl (C=O) groups excluding carboxylic acids is 1. The number of benzene rings is 1. The number of hydrogen-bond acceptors (Lipinski definition) is 4. The summed E-state index contributed by atoms with van der Waals surface area (Å²) in [4.78, 5) is 22.6. The van der Waals surface area contributed by atoms with Gasteiger partial charge in [-0.05, 0) is 37.5 Å². The molecule has 1 amide bonds.